The van der Waals surface area contributed by atoms with E-state index in [1.165, 1.54) is 0 Å². The molecular weight excluding hydrogens is 471 g/mol. The van der Waals surface area contributed by atoms with E-state index in [1.54, 1.807) is 26.1 Å². The van der Waals surface area contributed by atoms with Crippen molar-refractivity contribution in [3.63, 3.8) is 0 Å². The second-order valence-electron chi connectivity index (χ2n) is 6.30. The van der Waals surface area contributed by atoms with E-state index in [1.807, 2.05) is 31.2 Å². The van der Waals surface area contributed by atoms with Crippen molar-refractivity contribution in [2.75, 3.05) is 60.7 Å². The number of halogens is 1. The van der Waals surface area contributed by atoms with E-state index in [9.17, 15) is 4.79 Å². The topological polar surface area (TPSA) is 75.2 Å². The van der Waals surface area contributed by atoms with Gasteiger partial charge in [0.05, 0.1) is 13.2 Å². The summed E-state index contributed by atoms with van der Waals surface area (Å²) in [5.41, 5.74) is 1.84. The van der Waals surface area contributed by atoms with E-state index < -0.39 is 0 Å². The molecule has 28 heavy (non-hydrogen) atoms. The zero-order chi connectivity index (χ0) is 19.9. The van der Waals surface area contributed by atoms with Gasteiger partial charge in [0.15, 0.2) is 5.96 Å². The lowest BCUT2D eigenvalue weighted by Crippen LogP contribution is -2.38. The number of ether oxygens (including phenoxy) is 2. The number of guanidine groups is 1. The maximum Gasteiger partial charge on any atom is 0.253 e. The number of rotatable bonds is 12. The van der Waals surface area contributed by atoms with Crippen molar-refractivity contribution in [3.8, 4) is 0 Å². The standard InChI is InChI=1S/C20H34N4O3.HI/c1-5-21-20(22-11-7-13-27-15-14-26-4)23-12-10-17-8-6-9-18(16-17)19(25)24(2)3;/h6,8-9,16H,5,7,10-15H2,1-4H3,(H2,21,22,23);1H. The number of carbonyl (C=O) groups is 1. The van der Waals surface area contributed by atoms with Gasteiger partial charge in [-0.3, -0.25) is 9.79 Å². The summed E-state index contributed by atoms with van der Waals surface area (Å²) in [7, 11) is 5.19. The van der Waals surface area contributed by atoms with Crippen LogP contribution < -0.4 is 10.6 Å². The van der Waals surface area contributed by atoms with Crippen LogP contribution in [0.1, 0.15) is 29.3 Å². The van der Waals surface area contributed by atoms with Gasteiger partial charge in [0.2, 0.25) is 0 Å². The highest BCUT2D eigenvalue weighted by Gasteiger charge is 2.08. The molecule has 0 atom stereocenters. The first kappa shape index (κ1) is 26.6. The van der Waals surface area contributed by atoms with Gasteiger partial charge in [-0.15, -0.1) is 24.0 Å². The molecule has 0 heterocycles. The summed E-state index contributed by atoms with van der Waals surface area (Å²) in [6.07, 6.45) is 1.69. The number of nitrogens with one attached hydrogen (secondary N) is 2. The largest absolute Gasteiger partial charge is 0.382 e. The molecule has 8 heteroatoms. The molecule has 0 saturated carbocycles. The first-order valence-corrected chi connectivity index (χ1v) is 9.48. The number of amides is 1. The maximum absolute atomic E-state index is 12.1. The summed E-state index contributed by atoms with van der Waals surface area (Å²) < 4.78 is 10.4. The lowest BCUT2D eigenvalue weighted by molar-refractivity contribution is 0.0702. The Kier molecular flexibility index (Phi) is 15.7. The van der Waals surface area contributed by atoms with Gasteiger partial charge in [-0.25, -0.2) is 0 Å². The van der Waals surface area contributed by atoms with Crippen molar-refractivity contribution in [2.24, 2.45) is 4.99 Å². The SMILES string of the molecule is CCNC(=NCCCOCCOC)NCCc1cccc(C(=O)N(C)C)c1.I. The molecular formula is C20H35IN4O3. The van der Waals surface area contributed by atoms with E-state index in [2.05, 4.69) is 15.6 Å². The van der Waals surface area contributed by atoms with Gasteiger partial charge in [0, 0.05) is 53.0 Å². The zero-order valence-corrected chi connectivity index (χ0v) is 19.8. The van der Waals surface area contributed by atoms with Gasteiger partial charge in [-0.2, -0.15) is 0 Å². The number of hydrogen-bond donors (Lipinski definition) is 2. The third kappa shape index (κ3) is 11.5. The molecule has 0 spiro atoms. The molecule has 0 saturated heterocycles. The minimum Gasteiger partial charge on any atom is -0.382 e. The van der Waals surface area contributed by atoms with E-state index >= 15 is 0 Å². The lowest BCUT2D eigenvalue weighted by Gasteiger charge is -2.13. The number of methoxy groups -OCH3 is 1. The van der Waals surface area contributed by atoms with Crippen LogP contribution in [-0.4, -0.2) is 77.4 Å². The van der Waals surface area contributed by atoms with Crippen LogP contribution in [-0.2, 0) is 15.9 Å². The van der Waals surface area contributed by atoms with E-state index in [0.29, 0.717) is 31.9 Å². The molecule has 1 aromatic rings. The molecule has 0 bridgehead atoms. The first-order chi connectivity index (χ1) is 13.1. The average Bonchev–Trinajstić information content (AvgIpc) is 2.66. The van der Waals surface area contributed by atoms with Crippen LogP contribution in [0, 0.1) is 0 Å². The van der Waals surface area contributed by atoms with Gasteiger partial charge in [0.25, 0.3) is 5.91 Å². The molecule has 0 fully saturated rings. The highest BCUT2D eigenvalue weighted by atomic mass is 127. The molecule has 2 N–H and O–H groups in total. The quantitative estimate of drug-likeness (QED) is 0.197. The summed E-state index contributed by atoms with van der Waals surface area (Å²) in [6.45, 7) is 6.22. The van der Waals surface area contributed by atoms with E-state index in [0.717, 1.165) is 37.5 Å². The first-order valence-electron chi connectivity index (χ1n) is 9.48. The number of hydrogen-bond acceptors (Lipinski definition) is 4. The summed E-state index contributed by atoms with van der Waals surface area (Å²) in [5, 5.41) is 6.58. The minimum absolute atomic E-state index is 0. The highest BCUT2D eigenvalue weighted by molar-refractivity contribution is 14.0. The molecule has 0 aromatic heterocycles. The third-order valence-corrected chi connectivity index (χ3v) is 3.78. The van der Waals surface area contributed by atoms with Crippen molar-refractivity contribution in [2.45, 2.75) is 19.8 Å². The molecule has 0 aliphatic heterocycles. The Balaban J connectivity index is 0.00000729. The number of carbonyl (C=O) groups excluding carboxylic acids is 1. The Morgan fingerprint density at radius 1 is 1.18 bits per heavy atom. The molecule has 7 nitrogen and oxygen atoms in total. The van der Waals surface area contributed by atoms with Crippen LogP contribution in [0.5, 0.6) is 0 Å². The second kappa shape index (κ2) is 16.6. The molecule has 0 unspecified atom stereocenters. The van der Waals surface area contributed by atoms with Crippen molar-refractivity contribution in [1.29, 1.82) is 0 Å². The second-order valence-corrected chi connectivity index (χ2v) is 6.30. The molecule has 0 aliphatic carbocycles. The number of aliphatic imine (C=N–C) groups is 1. The fourth-order valence-electron chi connectivity index (χ4n) is 2.39. The van der Waals surface area contributed by atoms with Crippen LogP contribution in [0.15, 0.2) is 29.3 Å². The van der Waals surface area contributed by atoms with Crippen molar-refractivity contribution < 1.29 is 14.3 Å². The monoisotopic (exact) mass is 506 g/mol. The summed E-state index contributed by atoms with van der Waals surface area (Å²) in [5.74, 6) is 0.822. The normalized spacial score (nSPS) is 10.9. The number of nitrogens with zero attached hydrogens (tertiary/aromatic N) is 2. The van der Waals surface area contributed by atoms with Crippen LogP contribution in [0.25, 0.3) is 0 Å². The molecule has 1 rings (SSSR count). The summed E-state index contributed by atoms with van der Waals surface area (Å²) in [4.78, 5) is 18.2. The van der Waals surface area contributed by atoms with E-state index in [4.69, 9.17) is 9.47 Å². The summed E-state index contributed by atoms with van der Waals surface area (Å²) >= 11 is 0. The Morgan fingerprint density at radius 3 is 2.64 bits per heavy atom. The number of benzene rings is 1. The van der Waals surface area contributed by atoms with Crippen molar-refractivity contribution in [1.82, 2.24) is 15.5 Å². The van der Waals surface area contributed by atoms with Gasteiger partial charge >= 0.3 is 0 Å². The lowest BCUT2D eigenvalue weighted by atomic mass is 10.1. The zero-order valence-electron chi connectivity index (χ0n) is 17.5. The van der Waals surface area contributed by atoms with Crippen molar-refractivity contribution in [3.05, 3.63) is 35.4 Å². The third-order valence-electron chi connectivity index (χ3n) is 3.78. The predicted octanol–water partition coefficient (Wildman–Crippen LogP) is 2.16. The fourth-order valence-corrected chi connectivity index (χ4v) is 2.39. The van der Waals surface area contributed by atoms with Gasteiger partial charge in [-0.1, -0.05) is 12.1 Å². The average molecular weight is 506 g/mol. The Hall–Kier alpha value is -1.39. The molecule has 1 aromatic carbocycles. The Morgan fingerprint density at radius 2 is 1.96 bits per heavy atom. The van der Waals surface area contributed by atoms with Crippen LogP contribution in [0.3, 0.4) is 0 Å². The molecule has 0 aliphatic rings. The predicted molar refractivity (Wildman–Crippen MR) is 125 cm³/mol. The highest BCUT2D eigenvalue weighted by Crippen LogP contribution is 2.07. The van der Waals surface area contributed by atoms with Crippen LogP contribution >= 0.6 is 24.0 Å². The van der Waals surface area contributed by atoms with Gasteiger partial charge in [-0.05, 0) is 37.5 Å². The smallest absolute Gasteiger partial charge is 0.253 e. The Bertz CT molecular complexity index is 582. The molecule has 160 valence electrons. The van der Waals surface area contributed by atoms with Crippen molar-refractivity contribution >= 4 is 35.8 Å². The maximum atomic E-state index is 12.1. The fraction of sp³-hybridized carbons (Fsp3) is 0.600. The van der Waals surface area contributed by atoms with Gasteiger partial charge in [0.1, 0.15) is 0 Å². The molecule has 0 radical (unpaired) electrons. The molecule has 1 amide bonds. The summed E-state index contributed by atoms with van der Waals surface area (Å²) in [6, 6.07) is 7.76. The Labute approximate surface area is 186 Å². The van der Waals surface area contributed by atoms with Crippen LogP contribution in [0.2, 0.25) is 0 Å². The van der Waals surface area contributed by atoms with E-state index in [-0.39, 0.29) is 29.9 Å². The van der Waals surface area contributed by atoms with Gasteiger partial charge < -0.3 is 25.0 Å². The minimum atomic E-state index is 0. The van der Waals surface area contributed by atoms with Crippen LogP contribution in [0.4, 0.5) is 0 Å².